The Labute approximate surface area is 81.7 Å². The number of ether oxygens (including phenoxy) is 1. The zero-order chi connectivity index (χ0) is 10.3. The molecule has 2 atom stereocenters. The fourth-order valence-corrected chi connectivity index (χ4v) is 1.71. The average Bonchev–Trinajstić information content (AvgIpc) is 2.06. The first-order chi connectivity index (χ1) is 6.17. The largest absolute Gasteiger partial charge is 0.466 e. The Morgan fingerprint density at radius 1 is 1.31 bits per heavy atom. The zero-order valence-electron chi connectivity index (χ0n) is 9.30. The molecular weight excluding hydrogens is 164 g/mol. The van der Waals surface area contributed by atoms with Crippen LogP contribution in [-0.4, -0.2) is 12.6 Å². The van der Waals surface area contributed by atoms with E-state index in [1.807, 2.05) is 13.8 Å². The highest BCUT2D eigenvalue weighted by Crippen LogP contribution is 2.21. The van der Waals surface area contributed by atoms with E-state index >= 15 is 0 Å². The lowest BCUT2D eigenvalue weighted by atomic mass is 9.88. The minimum atomic E-state index is -0.0223. The normalized spacial score (nSPS) is 15.1. The predicted molar refractivity (Wildman–Crippen MR) is 54.5 cm³/mol. The number of hydrogen-bond donors (Lipinski definition) is 0. The fourth-order valence-electron chi connectivity index (χ4n) is 1.71. The van der Waals surface area contributed by atoms with Crippen LogP contribution in [0.4, 0.5) is 0 Å². The van der Waals surface area contributed by atoms with Gasteiger partial charge in [-0.15, -0.1) is 0 Å². The molecule has 0 rings (SSSR count). The van der Waals surface area contributed by atoms with Crippen LogP contribution in [0.5, 0.6) is 0 Å². The molecular formula is C11H22O2. The third-order valence-corrected chi connectivity index (χ3v) is 2.46. The molecule has 78 valence electrons. The van der Waals surface area contributed by atoms with Crippen molar-refractivity contribution in [3.63, 3.8) is 0 Å². The van der Waals surface area contributed by atoms with Crippen molar-refractivity contribution in [2.75, 3.05) is 6.61 Å². The van der Waals surface area contributed by atoms with Crippen molar-refractivity contribution in [2.24, 2.45) is 11.8 Å². The van der Waals surface area contributed by atoms with Crippen molar-refractivity contribution in [1.29, 1.82) is 0 Å². The first kappa shape index (κ1) is 12.5. The van der Waals surface area contributed by atoms with Gasteiger partial charge in [0.25, 0.3) is 0 Å². The van der Waals surface area contributed by atoms with Crippen LogP contribution in [-0.2, 0) is 9.53 Å². The van der Waals surface area contributed by atoms with E-state index in [1.54, 1.807) is 0 Å². The molecule has 0 aliphatic heterocycles. The second-order valence-corrected chi connectivity index (χ2v) is 3.53. The summed E-state index contributed by atoms with van der Waals surface area (Å²) in [6, 6.07) is 0. The number of hydrogen-bond acceptors (Lipinski definition) is 2. The van der Waals surface area contributed by atoms with Crippen LogP contribution in [0.3, 0.4) is 0 Å². The van der Waals surface area contributed by atoms with Crippen molar-refractivity contribution in [3.05, 3.63) is 0 Å². The van der Waals surface area contributed by atoms with Gasteiger partial charge in [0.2, 0.25) is 0 Å². The molecule has 0 aromatic carbocycles. The summed E-state index contributed by atoms with van der Waals surface area (Å²) in [5, 5.41) is 0. The quantitative estimate of drug-likeness (QED) is 0.596. The highest BCUT2D eigenvalue weighted by atomic mass is 16.5. The Balaban J connectivity index is 4.06. The number of carbonyl (C=O) groups excluding carboxylic acids is 1. The molecule has 2 heteroatoms. The highest BCUT2D eigenvalue weighted by Gasteiger charge is 2.23. The van der Waals surface area contributed by atoms with Gasteiger partial charge >= 0.3 is 5.97 Å². The highest BCUT2D eigenvalue weighted by molar-refractivity contribution is 5.72. The van der Waals surface area contributed by atoms with E-state index in [-0.39, 0.29) is 11.9 Å². The van der Waals surface area contributed by atoms with Crippen LogP contribution >= 0.6 is 0 Å². The second kappa shape index (κ2) is 6.93. The molecule has 0 N–H and O–H groups in total. The molecule has 13 heavy (non-hydrogen) atoms. The summed E-state index contributed by atoms with van der Waals surface area (Å²) in [7, 11) is 0. The zero-order valence-corrected chi connectivity index (χ0v) is 9.30. The fraction of sp³-hybridized carbons (Fsp3) is 0.909. The van der Waals surface area contributed by atoms with E-state index in [0.717, 1.165) is 19.3 Å². The average molecular weight is 186 g/mol. The van der Waals surface area contributed by atoms with Gasteiger partial charge in [0.05, 0.1) is 12.5 Å². The van der Waals surface area contributed by atoms with Crippen LogP contribution in [0.1, 0.15) is 47.0 Å². The smallest absolute Gasteiger partial charge is 0.309 e. The molecule has 2 nitrogen and oxygen atoms in total. The van der Waals surface area contributed by atoms with E-state index in [2.05, 4.69) is 13.8 Å². The van der Waals surface area contributed by atoms with E-state index < -0.39 is 0 Å². The predicted octanol–water partition coefficient (Wildman–Crippen LogP) is 3.01. The Morgan fingerprint density at radius 3 is 2.31 bits per heavy atom. The van der Waals surface area contributed by atoms with Crippen LogP contribution in [0.15, 0.2) is 0 Å². The van der Waals surface area contributed by atoms with Gasteiger partial charge in [0, 0.05) is 0 Å². The SMILES string of the molecule is CCCC(C)C(CC)C(=O)OCC. The van der Waals surface area contributed by atoms with E-state index in [4.69, 9.17) is 4.74 Å². The van der Waals surface area contributed by atoms with Gasteiger partial charge in [-0.25, -0.2) is 0 Å². The Morgan fingerprint density at radius 2 is 1.92 bits per heavy atom. The van der Waals surface area contributed by atoms with Gasteiger partial charge < -0.3 is 4.74 Å². The van der Waals surface area contributed by atoms with Crippen LogP contribution in [0.25, 0.3) is 0 Å². The summed E-state index contributed by atoms with van der Waals surface area (Å²) in [5.41, 5.74) is 0. The standard InChI is InChI=1S/C11H22O2/c1-5-8-9(4)10(6-2)11(12)13-7-3/h9-10H,5-8H2,1-4H3. The lowest BCUT2D eigenvalue weighted by Crippen LogP contribution is -2.23. The van der Waals surface area contributed by atoms with Crippen molar-refractivity contribution in [3.8, 4) is 0 Å². The second-order valence-electron chi connectivity index (χ2n) is 3.53. The van der Waals surface area contributed by atoms with Crippen molar-refractivity contribution in [2.45, 2.75) is 47.0 Å². The van der Waals surface area contributed by atoms with E-state index in [9.17, 15) is 4.79 Å². The number of carbonyl (C=O) groups is 1. The van der Waals surface area contributed by atoms with Crippen LogP contribution < -0.4 is 0 Å². The maximum absolute atomic E-state index is 11.5. The van der Waals surface area contributed by atoms with Crippen LogP contribution in [0.2, 0.25) is 0 Å². The van der Waals surface area contributed by atoms with Gasteiger partial charge in [-0.3, -0.25) is 4.79 Å². The Hall–Kier alpha value is -0.530. The molecule has 0 aromatic rings. The van der Waals surface area contributed by atoms with Gasteiger partial charge in [0.1, 0.15) is 0 Å². The summed E-state index contributed by atoms with van der Waals surface area (Å²) < 4.78 is 5.02. The summed E-state index contributed by atoms with van der Waals surface area (Å²) in [4.78, 5) is 11.5. The summed E-state index contributed by atoms with van der Waals surface area (Å²) in [5.74, 6) is 0.528. The third-order valence-electron chi connectivity index (χ3n) is 2.46. The molecule has 0 fully saturated rings. The molecule has 0 bridgehead atoms. The number of rotatable bonds is 6. The molecule has 0 aliphatic rings. The maximum Gasteiger partial charge on any atom is 0.309 e. The van der Waals surface area contributed by atoms with Gasteiger partial charge in [-0.1, -0.05) is 33.6 Å². The lowest BCUT2D eigenvalue weighted by Gasteiger charge is -2.20. The van der Waals surface area contributed by atoms with E-state index in [1.165, 1.54) is 0 Å². The minimum absolute atomic E-state index is 0.0223. The van der Waals surface area contributed by atoms with E-state index in [0.29, 0.717) is 12.5 Å². The Bertz CT molecular complexity index is 143. The van der Waals surface area contributed by atoms with Gasteiger partial charge in [-0.2, -0.15) is 0 Å². The first-order valence-electron chi connectivity index (χ1n) is 5.33. The maximum atomic E-state index is 11.5. The molecule has 0 aromatic heterocycles. The molecule has 0 heterocycles. The van der Waals surface area contributed by atoms with Crippen molar-refractivity contribution in [1.82, 2.24) is 0 Å². The molecule has 0 amide bonds. The van der Waals surface area contributed by atoms with Gasteiger partial charge in [-0.05, 0) is 19.3 Å². The summed E-state index contributed by atoms with van der Waals surface area (Å²) in [6.45, 7) is 8.68. The van der Waals surface area contributed by atoms with Crippen molar-refractivity contribution >= 4 is 5.97 Å². The summed E-state index contributed by atoms with van der Waals surface area (Å²) >= 11 is 0. The topological polar surface area (TPSA) is 26.3 Å². The third kappa shape index (κ3) is 4.30. The molecule has 0 aliphatic carbocycles. The Kier molecular flexibility index (Phi) is 6.65. The molecule has 0 spiro atoms. The minimum Gasteiger partial charge on any atom is -0.466 e. The number of esters is 1. The first-order valence-corrected chi connectivity index (χ1v) is 5.33. The lowest BCUT2D eigenvalue weighted by molar-refractivity contribution is -0.150. The monoisotopic (exact) mass is 186 g/mol. The van der Waals surface area contributed by atoms with Crippen molar-refractivity contribution < 1.29 is 9.53 Å². The molecule has 0 saturated heterocycles. The summed E-state index contributed by atoms with van der Waals surface area (Å²) in [6.07, 6.45) is 3.13. The molecule has 2 unspecified atom stereocenters. The molecule has 0 saturated carbocycles. The van der Waals surface area contributed by atoms with Gasteiger partial charge in [0.15, 0.2) is 0 Å². The molecule has 0 radical (unpaired) electrons. The van der Waals surface area contributed by atoms with Crippen LogP contribution in [0, 0.1) is 11.8 Å².